The molecule has 19 heavy (non-hydrogen) atoms. The van der Waals surface area contributed by atoms with Gasteiger partial charge in [0.2, 0.25) is 0 Å². The van der Waals surface area contributed by atoms with E-state index in [9.17, 15) is 9.50 Å². The fraction of sp³-hybridized carbons (Fsp3) is 0.0667. The van der Waals surface area contributed by atoms with Gasteiger partial charge in [0.05, 0.1) is 11.0 Å². The van der Waals surface area contributed by atoms with Crippen LogP contribution in [0.1, 0.15) is 17.2 Å². The number of nitrogens with zero attached hydrogens (tertiary/aromatic N) is 2. The third kappa shape index (κ3) is 2.06. The summed E-state index contributed by atoms with van der Waals surface area (Å²) in [5.74, 6) is -0.434. The average molecular weight is 254 g/mol. The number of hydrogen-bond donors (Lipinski definition) is 1. The number of halogens is 1. The van der Waals surface area contributed by atoms with Crippen LogP contribution < -0.4 is 0 Å². The molecule has 1 N–H and O–H groups in total. The van der Waals surface area contributed by atoms with Gasteiger partial charge in [0.15, 0.2) is 0 Å². The molecule has 0 aliphatic carbocycles. The van der Waals surface area contributed by atoms with Crippen LogP contribution in [-0.4, -0.2) is 15.1 Å². The van der Waals surface area contributed by atoms with Gasteiger partial charge in [-0.15, -0.1) is 0 Å². The fourth-order valence-corrected chi connectivity index (χ4v) is 2.10. The predicted octanol–water partition coefficient (Wildman–Crippen LogP) is 2.85. The van der Waals surface area contributed by atoms with Crippen molar-refractivity contribution in [3.63, 3.8) is 0 Å². The Kier molecular flexibility index (Phi) is 2.93. The monoisotopic (exact) mass is 254 g/mol. The van der Waals surface area contributed by atoms with E-state index < -0.39 is 11.9 Å². The van der Waals surface area contributed by atoms with Gasteiger partial charge in [-0.25, -0.2) is 4.39 Å². The van der Waals surface area contributed by atoms with Crippen molar-refractivity contribution in [2.75, 3.05) is 0 Å². The molecular weight excluding hydrogens is 243 g/mol. The molecule has 4 heteroatoms. The van der Waals surface area contributed by atoms with Crippen LogP contribution in [0, 0.1) is 5.82 Å². The number of aliphatic hydroxyl groups excluding tert-OH is 1. The van der Waals surface area contributed by atoms with E-state index in [2.05, 4.69) is 9.97 Å². The largest absolute Gasteiger partial charge is 0.383 e. The highest BCUT2D eigenvalue weighted by molar-refractivity contribution is 5.78. The Morgan fingerprint density at radius 2 is 1.63 bits per heavy atom. The van der Waals surface area contributed by atoms with E-state index in [0.29, 0.717) is 16.6 Å². The number of aromatic nitrogens is 2. The molecule has 2 aromatic carbocycles. The zero-order valence-electron chi connectivity index (χ0n) is 9.99. The highest BCUT2D eigenvalue weighted by atomic mass is 19.1. The number of rotatable bonds is 2. The third-order valence-electron chi connectivity index (χ3n) is 3.02. The van der Waals surface area contributed by atoms with Crippen molar-refractivity contribution in [2.45, 2.75) is 6.10 Å². The Morgan fingerprint density at radius 3 is 2.47 bits per heavy atom. The van der Waals surface area contributed by atoms with Gasteiger partial charge in [0, 0.05) is 23.5 Å². The molecule has 0 bridgehead atoms. The molecule has 0 aliphatic rings. The molecule has 1 aromatic heterocycles. The first-order valence-corrected chi connectivity index (χ1v) is 5.89. The Labute approximate surface area is 109 Å². The van der Waals surface area contributed by atoms with Gasteiger partial charge >= 0.3 is 0 Å². The van der Waals surface area contributed by atoms with Crippen LogP contribution in [0.15, 0.2) is 54.9 Å². The Bertz CT molecular complexity index is 725. The lowest BCUT2D eigenvalue weighted by atomic mass is 9.99. The summed E-state index contributed by atoms with van der Waals surface area (Å²) in [5, 5.41) is 10.4. The van der Waals surface area contributed by atoms with Crippen molar-refractivity contribution in [2.24, 2.45) is 0 Å². The van der Waals surface area contributed by atoms with Crippen molar-refractivity contribution >= 4 is 11.0 Å². The summed E-state index contributed by atoms with van der Waals surface area (Å²) in [4.78, 5) is 8.39. The molecule has 3 aromatic rings. The zero-order chi connectivity index (χ0) is 13.2. The number of benzene rings is 2. The van der Waals surface area contributed by atoms with E-state index >= 15 is 0 Å². The summed E-state index contributed by atoms with van der Waals surface area (Å²) in [7, 11) is 0. The van der Waals surface area contributed by atoms with Crippen molar-refractivity contribution in [1.82, 2.24) is 9.97 Å². The van der Waals surface area contributed by atoms with Gasteiger partial charge in [0.25, 0.3) is 0 Å². The van der Waals surface area contributed by atoms with E-state index in [1.54, 1.807) is 48.8 Å². The summed E-state index contributed by atoms with van der Waals surface area (Å²) < 4.78 is 13.7. The van der Waals surface area contributed by atoms with Gasteiger partial charge in [0.1, 0.15) is 11.9 Å². The molecule has 0 amide bonds. The minimum Gasteiger partial charge on any atom is -0.383 e. The van der Waals surface area contributed by atoms with Gasteiger partial charge in [-0.3, -0.25) is 9.97 Å². The standard InChI is InChI=1S/C15H11FN2O/c16-12-6-2-1-4-10(12)15(19)11-5-3-7-13-14(11)18-9-8-17-13/h1-9,15,19H. The topological polar surface area (TPSA) is 46.0 Å². The normalized spacial score (nSPS) is 12.5. The van der Waals surface area contributed by atoms with Gasteiger partial charge in [-0.1, -0.05) is 30.3 Å². The molecule has 0 radical (unpaired) electrons. The minimum absolute atomic E-state index is 0.237. The van der Waals surface area contributed by atoms with Gasteiger partial charge in [-0.2, -0.15) is 0 Å². The lowest BCUT2D eigenvalue weighted by Gasteiger charge is -2.13. The molecule has 1 heterocycles. The van der Waals surface area contributed by atoms with Crippen molar-refractivity contribution < 1.29 is 9.50 Å². The molecule has 3 rings (SSSR count). The van der Waals surface area contributed by atoms with E-state index in [1.807, 2.05) is 0 Å². The molecule has 0 saturated heterocycles. The minimum atomic E-state index is -1.05. The maximum Gasteiger partial charge on any atom is 0.129 e. The van der Waals surface area contributed by atoms with Crippen molar-refractivity contribution in [1.29, 1.82) is 0 Å². The second-order valence-electron chi connectivity index (χ2n) is 4.20. The first-order chi connectivity index (χ1) is 9.27. The number of fused-ring (bicyclic) bond motifs is 1. The summed E-state index contributed by atoms with van der Waals surface area (Å²) in [5.41, 5.74) is 2.05. The van der Waals surface area contributed by atoms with E-state index in [0.717, 1.165) is 0 Å². The van der Waals surface area contributed by atoms with Crippen molar-refractivity contribution in [3.8, 4) is 0 Å². The van der Waals surface area contributed by atoms with Crippen LogP contribution in [0.2, 0.25) is 0 Å². The lowest BCUT2D eigenvalue weighted by molar-refractivity contribution is 0.216. The third-order valence-corrected chi connectivity index (χ3v) is 3.02. The SMILES string of the molecule is OC(c1ccccc1F)c1cccc2nccnc12. The molecular formula is C15H11FN2O. The van der Waals surface area contributed by atoms with Crippen LogP contribution in [-0.2, 0) is 0 Å². The van der Waals surface area contributed by atoms with Crippen LogP contribution in [0.25, 0.3) is 11.0 Å². The molecule has 0 saturated carbocycles. The Hall–Kier alpha value is -2.33. The summed E-state index contributed by atoms with van der Waals surface area (Å²) in [6.07, 6.45) is 2.09. The smallest absolute Gasteiger partial charge is 0.129 e. The number of aliphatic hydroxyl groups is 1. The van der Waals surface area contributed by atoms with Gasteiger partial charge in [-0.05, 0) is 12.1 Å². The quantitative estimate of drug-likeness (QED) is 0.764. The van der Waals surface area contributed by atoms with Crippen LogP contribution in [0.4, 0.5) is 4.39 Å². The Balaban J connectivity index is 2.17. The average Bonchev–Trinajstić information content (AvgIpc) is 2.46. The molecule has 0 aliphatic heterocycles. The van der Waals surface area contributed by atoms with E-state index in [1.165, 1.54) is 6.07 Å². The molecule has 1 unspecified atom stereocenters. The molecule has 94 valence electrons. The number of hydrogen-bond acceptors (Lipinski definition) is 3. The lowest BCUT2D eigenvalue weighted by Crippen LogP contribution is -2.04. The molecule has 0 spiro atoms. The van der Waals surface area contributed by atoms with E-state index in [-0.39, 0.29) is 5.56 Å². The molecule has 1 atom stereocenters. The fourth-order valence-electron chi connectivity index (χ4n) is 2.10. The first-order valence-electron chi connectivity index (χ1n) is 5.89. The second kappa shape index (κ2) is 4.74. The van der Waals surface area contributed by atoms with E-state index in [4.69, 9.17) is 0 Å². The van der Waals surface area contributed by atoms with Crippen molar-refractivity contribution in [3.05, 3.63) is 71.8 Å². The molecule has 3 nitrogen and oxygen atoms in total. The zero-order valence-corrected chi connectivity index (χ0v) is 9.99. The first kappa shape index (κ1) is 11.7. The highest BCUT2D eigenvalue weighted by Crippen LogP contribution is 2.28. The summed E-state index contributed by atoms with van der Waals surface area (Å²) >= 11 is 0. The van der Waals surface area contributed by atoms with Crippen LogP contribution >= 0.6 is 0 Å². The summed E-state index contributed by atoms with van der Waals surface area (Å²) in [6, 6.07) is 11.5. The van der Waals surface area contributed by atoms with Crippen LogP contribution in [0.5, 0.6) is 0 Å². The second-order valence-corrected chi connectivity index (χ2v) is 4.20. The maximum absolute atomic E-state index is 13.7. The van der Waals surface area contributed by atoms with Crippen LogP contribution in [0.3, 0.4) is 0 Å². The summed E-state index contributed by atoms with van der Waals surface area (Å²) in [6.45, 7) is 0. The highest BCUT2D eigenvalue weighted by Gasteiger charge is 2.17. The van der Waals surface area contributed by atoms with Gasteiger partial charge < -0.3 is 5.11 Å². The predicted molar refractivity (Wildman–Crippen MR) is 70.0 cm³/mol. The Morgan fingerprint density at radius 1 is 0.895 bits per heavy atom. The maximum atomic E-state index is 13.7. The number of para-hydroxylation sites is 1. The molecule has 0 fully saturated rings.